The highest BCUT2D eigenvalue weighted by molar-refractivity contribution is 7.26. The first-order chi connectivity index (χ1) is 7.25. The highest BCUT2D eigenvalue weighted by atomic mass is 32.1. The second kappa shape index (κ2) is 3.28. The van der Waals surface area contributed by atoms with E-state index in [0.29, 0.717) is 0 Å². The van der Waals surface area contributed by atoms with Gasteiger partial charge in [0.1, 0.15) is 5.82 Å². The summed E-state index contributed by atoms with van der Waals surface area (Å²) in [5, 5.41) is 1.26. The Kier molecular flexibility index (Phi) is 2.03. The summed E-state index contributed by atoms with van der Waals surface area (Å²) >= 11 is 2.79. The predicted octanol–water partition coefficient (Wildman–Crippen LogP) is 1.41. The van der Waals surface area contributed by atoms with Crippen molar-refractivity contribution in [1.29, 1.82) is 0 Å². The van der Waals surface area contributed by atoms with Gasteiger partial charge in [0, 0.05) is 10.1 Å². The summed E-state index contributed by atoms with van der Waals surface area (Å²) in [7, 11) is 0. The first-order valence-electron chi connectivity index (χ1n) is 4.88. The van der Waals surface area contributed by atoms with Crippen LogP contribution < -0.4 is 4.56 Å². The smallest absolute Gasteiger partial charge is 0.256 e. The molecular formula is C11H9AlN2S. The van der Waals surface area contributed by atoms with Crippen molar-refractivity contribution >= 4 is 52.5 Å². The SMILES string of the molecule is Cc1n[c]([AlH2])c2sc3ccccc3c2n1. The fourth-order valence-corrected chi connectivity index (χ4v) is 3.82. The molecule has 2 nitrogen and oxygen atoms in total. The number of fused-ring (bicyclic) bond motifs is 3. The molecule has 2 aromatic heterocycles. The van der Waals surface area contributed by atoms with Crippen molar-refractivity contribution in [3.05, 3.63) is 30.1 Å². The lowest BCUT2D eigenvalue weighted by Crippen LogP contribution is -2.10. The van der Waals surface area contributed by atoms with Gasteiger partial charge in [0.05, 0.1) is 10.2 Å². The number of hydrogen-bond donors (Lipinski definition) is 0. The molecule has 15 heavy (non-hydrogen) atoms. The minimum Gasteiger partial charge on any atom is -0.256 e. The van der Waals surface area contributed by atoms with Gasteiger partial charge in [-0.1, -0.05) is 18.2 Å². The number of hydrogen-bond acceptors (Lipinski definition) is 3. The van der Waals surface area contributed by atoms with Crippen molar-refractivity contribution in [3.8, 4) is 0 Å². The van der Waals surface area contributed by atoms with Crippen LogP contribution in [0.25, 0.3) is 20.3 Å². The van der Waals surface area contributed by atoms with Crippen molar-refractivity contribution < 1.29 is 0 Å². The molecule has 0 N–H and O–H groups in total. The lowest BCUT2D eigenvalue weighted by Gasteiger charge is -1.97. The Labute approximate surface area is 99.4 Å². The van der Waals surface area contributed by atoms with Gasteiger partial charge in [-0.25, -0.2) is 4.98 Å². The summed E-state index contributed by atoms with van der Waals surface area (Å²) in [6.07, 6.45) is 0. The summed E-state index contributed by atoms with van der Waals surface area (Å²) in [4.78, 5) is 9.00. The van der Waals surface area contributed by atoms with E-state index in [1.165, 1.54) is 19.3 Å². The van der Waals surface area contributed by atoms with Crippen LogP contribution in [0, 0.1) is 6.92 Å². The maximum Gasteiger partial charge on any atom is 0.292 e. The average Bonchev–Trinajstić information content (AvgIpc) is 2.57. The summed E-state index contributed by atoms with van der Waals surface area (Å²) in [5.41, 5.74) is 1.13. The molecule has 0 spiro atoms. The largest absolute Gasteiger partial charge is 0.292 e. The van der Waals surface area contributed by atoms with Crippen molar-refractivity contribution in [2.45, 2.75) is 6.92 Å². The Morgan fingerprint density at radius 2 is 2.00 bits per heavy atom. The zero-order valence-corrected chi connectivity index (χ0v) is 11.4. The van der Waals surface area contributed by atoms with Gasteiger partial charge in [-0.05, 0) is 17.5 Å². The molecule has 0 unspecified atom stereocenters. The number of nitrogens with zero attached hydrogens (tertiary/aromatic N) is 2. The van der Waals surface area contributed by atoms with E-state index in [0.717, 1.165) is 27.6 Å². The normalized spacial score (nSPS) is 11.3. The van der Waals surface area contributed by atoms with Gasteiger partial charge in [0.25, 0.3) is 16.3 Å². The summed E-state index contributed by atoms with van der Waals surface area (Å²) in [6.45, 7) is 1.97. The topological polar surface area (TPSA) is 25.8 Å². The first kappa shape index (κ1) is 9.29. The van der Waals surface area contributed by atoms with Gasteiger partial charge < -0.3 is 0 Å². The molecule has 0 amide bonds. The fraction of sp³-hybridized carbons (Fsp3) is 0.0909. The van der Waals surface area contributed by atoms with E-state index in [1.807, 2.05) is 6.92 Å². The number of aromatic nitrogens is 2. The standard InChI is InChI=1S/C11H7N2S.Al.2H/c1-7-12-6-10-11(13-7)8-4-2-3-5-9(8)14-10;;;/h2-5H,1H3;;;. The van der Waals surface area contributed by atoms with Crippen LogP contribution in [0.3, 0.4) is 0 Å². The van der Waals surface area contributed by atoms with E-state index in [-0.39, 0.29) is 0 Å². The summed E-state index contributed by atoms with van der Waals surface area (Å²) in [6, 6.07) is 8.43. The number of aryl methyl sites for hydroxylation is 1. The van der Waals surface area contributed by atoms with E-state index < -0.39 is 0 Å². The second-order valence-corrected chi connectivity index (χ2v) is 5.63. The number of benzene rings is 1. The Bertz CT molecular complexity index is 660. The zero-order chi connectivity index (χ0) is 10.4. The van der Waals surface area contributed by atoms with E-state index in [4.69, 9.17) is 0 Å². The molecule has 3 rings (SSSR count). The maximum atomic E-state index is 4.55. The molecule has 3 aromatic rings. The van der Waals surface area contributed by atoms with Gasteiger partial charge in [0.2, 0.25) is 0 Å². The highest BCUT2D eigenvalue weighted by Crippen LogP contribution is 2.30. The average molecular weight is 228 g/mol. The molecule has 4 heteroatoms. The van der Waals surface area contributed by atoms with E-state index >= 15 is 0 Å². The Hall–Kier alpha value is -0.948. The Morgan fingerprint density at radius 3 is 2.87 bits per heavy atom. The third kappa shape index (κ3) is 1.38. The summed E-state index contributed by atoms with van der Waals surface area (Å²) in [5.74, 6) is 0.885. The van der Waals surface area contributed by atoms with Crippen LogP contribution in [0.15, 0.2) is 24.3 Å². The molecule has 0 fully saturated rings. The van der Waals surface area contributed by atoms with Crippen LogP contribution in [0.5, 0.6) is 0 Å². The van der Waals surface area contributed by atoms with E-state index in [2.05, 4.69) is 34.2 Å². The predicted molar refractivity (Wildman–Crippen MR) is 67.8 cm³/mol. The van der Waals surface area contributed by atoms with Crippen LogP contribution in [0.2, 0.25) is 0 Å². The van der Waals surface area contributed by atoms with Crippen LogP contribution in [-0.4, -0.2) is 26.3 Å². The lowest BCUT2D eigenvalue weighted by molar-refractivity contribution is 1.12. The quantitative estimate of drug-likeness (QED) is 0.544. The third-order valence-corrected chi connectivity index (χ3v) is 4.86. The molecule has 0 atom stereocenters. The molecule has 2 heterocycles. The van der Waals surface area contributed by atoms with Crippen LogP contribution >= 0.6 is 11.3 Å². The molecule has 0 aliphatic rings. The van der Waals surface area contributed by atoms with Gasteiger partial charge in [-0.2, -0.15) is 0 Å². The maximum absolute atomic E-state index is 4.55. The van der Waals surface area contributed by atoms with Crippen molar-refractivity contribution in [2.24, 2.45) is 0 Å². The first-order valence-corrected chi connectivity index (χ1v) is 6.70. The van der Waals surface area contributed by atoms with Gasteiger partial charge in [-0.15, -0.1) is 11.3 Å². The molecule has 0 radical (unpaired) electrons. The Balaban J connectivity index is 2.61. The highest BCUT2D eigenvalue weighted by Gasteiger charge is 2.08. The zero-order valence-electron chi connectivity index (χ0n) is 8.61. The van der Waals surface area contributed by atoms with Crippen molar-refractivity contribution in [2.75, 3.05) is 0 Å². The molecule has 0 saturated heterocycles. The molecule has 0 saturated carbocycles. The van der Waals surface area contributed by atoms with Crippen LogP contribution in [-0.2, 0) is 0 Å². The Morgan fingerprint density at radius 1 is 1.20 bits per heavy atom. The minimum absolute atomic E-state index is 0.885. The van der Waals surface area contributed by atoms with Crippen LogP contribution in [0.1, 0.15) is 5.82 Å². The minimum atomic E-state index is 0.885. The van der Waals surface area contributed by atoms with E-state index in [9.17, 15) is 0 Å². The third-order valence-electron chi connectivity index (χ3n) is 2.50. The number of rotatable bonds is 0. The molecule has 1 aromatic carbocycles. The van der Waals surface area contributed by atoms with Crippen molar-refractivity contribution in [1.82, 2.24) is 9.97 Å². The summed E-state index contributed by atoms with van der Waals surface area (Å²) < 4.78 is 3.80. The van der Waals surface area contributed by atoms with E-state index in [1.54, 1.807) is 11.3 Å². The molecule has 0 bridgehead atoms. The lowest BCUT2D eigenvalue weighted by atomic mass is 10.2. The fourth-order valence-electron chi connectivity index (χ4n) is 1.87. The second-order valence-electron chi connectivity index (χ2n) is 3.63. The molecular weight excluding hydrogens is 219 g/mol. The van der Waals surface area contributed by atoms with Gasteiger partial charge >= 0.3 is 0 Å². The molecule has 72 valence electrons. The molecule has 0 aliphatic heterocycles. The molecule has 0 aliphatic carbocycles. The van der Waals surface area contributed by atoms with Crippen LogP contribution in [0.4, 0.5) is 0 Å². The van der Waals surface area contributed by atoms with Crippen molar-refractivity contribution in [3.63, 3.8) is 0 Å². The monoisotopic (exact) mass is 228 g/mol. The van der Waals surface area contributed by atoms with Gasteiger partial charge in [-0.3, -0.25) is 4.98 Å². The van der Waals surface area contributed by atoms with Gasteiger partial charge in [0.15, 0.2) is 0 Å². The number of thiophene rings is 1.